The van der Waals surface area contributed by atoms with Gasteiger partial charge in [-0.05, 0) is 30.2 Å². The Hall–Kier alpha value is -2.90. The van der Waals surface area contributed by atoms with Gasteiger partial charge in [-0.1, -0.05) is 42.5 Å². The van der Waals surface area contributed by atoms with E-state index in [-0.39, 0.29) is 36.7 Å². The molecule has 3 rings (SSSR count). The summed E-state index contributed by atoms with van der Waals surface area (Å²) in [7, 11) is 1.64. The minimum absolute atomic E-state index is 0.0423. The molecule has 2 aromatic rings. The van der Waals surface area contributed by atoms with Gasteiger partial charge in [0.15, 0.2) is 0 Å². The molecule has 1 fully saturated rings. The third kappa shape index (κ3) is 7.07. The van der Waals surface area contributed by atoms with Crippen molar-refractivity contribution in [1.82, 2.24) is 15.5 Å². The molecule has 1 aliphatic rings. The number of morpholine rings is 1. The number of carbonyl (C=O) groups excluding carboxylic acids is 2. The summed E-state index contributed by atoms with van der Waals surface area (Å²) < 4.78 is 10.7. The smallest absolute Gasteiger partial charge is 0.220 e. The minimum atomic E-state index is -0.128. The number of carbonyl (C=O) groups is 2. The number of hydrogen-bond donors (Lipinski definition) is 2. The molecule has 7 heteroatoms. The lowest BCUT2D eigenvalue weighted by atomic mass is 10.0. The summed E-state index contributed by atoms with van der Waals surface area (Å²) in [5.74, 6) is 0.546. The van der Waals surface area contributed by atoms with Crippen molar-refractivity contribution in [3.63, 3.8) is 0 Å². The zero-order chi connectivity index (χ0) is 22.8. The number of rotatable bonds is 10. The van der Waals surface area contributed by atoms with E-state index >= 15 is 0 Å². The van der Waals surface area contributed by atoms with Gasteiger partial charge in [0.25, 0.3) is 0 Å². The van der Waals surface area contributed by atoms with E-state index in [9.17, 15) is 9.59 Å². The zero-order valence-corrected chi connectivity index (χ0v) is 18.9. The van der Waals surface area contributed by atoms with E-state index < -0.39 is 0 Å². The van der Waals surface area contributed by atoms with Crippen LogP contribution >= 0.6 is 0 Å². The van der Waals surface area contributed by atoms with Gasteiger partial charge in [-0.3, -0.25) is 14.5 Å². The van der Waals surface area contributed by atoms with Crippen LogP contribution in [0.15, 0.2) is 54.6 Å². The van der Waals surface area contributed by atoms with Gasteiger partial charge in [0.05, 0.1) is 32.4 Å². The van der Waals surface area contributed by atoms with E-state index in [4.69, 9.17) is 9.47 Å². The van der Waals surface area contributed by atoms with Crippen molar-refractivity contribution in [2.24, 2.45) is 0 Å². The van der Waals surface area contributed by atoms with Crippen LogP contribution in [0.1, 0.15) is 43.0 Å². The molecule has 172 valence electrons. The van der Waals surface area contributed by atoms with Gasteiger partial charge in [0.1, 0.15) is 5.75 Å². The van der Waals surface area contributed by atoms with Crippen molar-refractivity contribution in [3.05, 3.63) is 65.7 Å². The maximum absolute atomic E-state index is 12.5. The van der Waals surface area contributed by atoms with Gasteiger partial charge in [0.2, 0.25) is 11.8 Å². The quantitative estimate of drug-likeness (QED) is 0.595. The zero-order valence-electron chi connectivity index (χ0n) is 18.9. The second kappa shape index (κ2) is 12.2. The summed E-state index contributed by atoms with van der Waals surface area (Å²) in [6.45, 7) is 5.40. The number of methoxy groups -OCH3 is 1. The molecule has 32 heavy (non-hydrogen) atoms. The molecule has 2 N–H and O–H groups in total. The van der Waals surface area contributed by atoms with Gasteiger partial charge < -0.3 is 20.1 Å². The molecule has 0 radical (unpaired) electrons. The summed E-state index contributed by atoms with van der Waals surface area (Å²) in [6.07, 6.45) is 0.319. The molecule has 0 aromatic heterocycles. The topological polar surface area (TPSA) is 79.9 Å². The third-order valence-electron chi connectivity index (χ3n) is 5.74. The minimum Gasteiger partial charge on any atom is -0.497 e. The predicted octanol–water partition coefficient (Wildman–Crippen LogP) is 2.84. The largest absolute Gasteiger partial charge is 0.497 e. The van der Waals surface area contributed by atoms with Gasteiger partial charge in [-0.15, -0.1) is 0 Å². The SMILES string of the molecule is COc1ccc([C@@H](CNC(=O)CCC(=O)N[C@@H](C)c2ccccc2)N2CCOCC2)cc1. The number of ether oxygens (including phenoxy) is 2. The Labute approximate surface area is 190 Å². The number of amides is 2. The highest BCUT2D eigenvalue weighted by Gasteiger charge is 2.23. The molecule has 2 amide bonds. The Morgan fingerprint density at radius 1 is 0.969 bits per heavy atom. The summed E-state index contributed by atoms with van der Waals surface area (Å²) in [4.78, 5) is 27.1. The number of nitrogens with one attached hydrogen (secondary N) is 2. The van der Waals surface area contributed by atoms with Gasteiger partial charge >= 0.3 is 0 Å². The molecule has 0 aliphatic carbocycles. The second-order valence-corrected chi connectivity index (χ2v) is 7.94. The monoisotopic (exact) mass is 439 g/mol. The first kappa shape index (κ1) is 23.8. The second-order valence-electron chi connectivity index (χ2n) is 7.94. The maximum atomic E-state index is 12.5. The van der Waals surface area contributed by atoms with Gasteiger partial charge in [-0.2, -0.15) is 0 Å². The van der Waals surface area contributed by atoms with E-state index in [2.05, 4.69) is 15.5 Å². The fourth-order valence-electron chi connectivity index (χ4n) is 3.84. The lowest BCUT2D eigenvalue weighted by molar-refractivity contribution is -0.127. The molecule has 2 aromatic carbocycles. The normalized spacial score (nSPS) is 16.1. The van der Waals surface area contributed by atoms with E-state index in [0.29, 0.717) is 19.8 Å². The first-order valence-corrected chi connectivity index (χ1v) is 11.1. The van der Waals surface area contributed by atoms with Crippen LogP contribution in [-0.2, 0) is 14.3 Å². The van der Waals surface area contributed by atoms with Crippen LogP contribution in [0.2, 0.25) is 0 Å². The molecular weight excluding hydrogens is 406 g/mol. The van der Waals surface area contributed by atoms with E-state index in [1.165, 1.54) is 0 Å². The molecule has 0 saturated carbocycles. The molecule has 0 unspecified atom stereocenters. The summed E-state index contributed by atoms with van der Waals surface area (Å²) in [6, 6.07) is 17.7. The lowest BCUT2D eigenvalue weighted by Crippen LogP contribution is -2.44. The highest BCUT2D eigenvalue weighted by atomic mass is 16.5. The number of benzene rings is 2. The van der Waals surface area contributed by atoms with Crippen LogP contribution < -0.4 is 15.4 Å². The highest BCUT2D eigenvalue weighted by molar-refractivity contribution is 5.83. The average Bonchev–Trinajstić information content (AvgIpc) is 2.84. The number of hydrogen-bond acceptors (Lipinski definition) is 5. The van der Waals surface area contributed by atoms with Crippen LogP contribution in [0.4, 0.5) is 0 Å². The molecular formula is C25H33N3O4. The van der Waals surface area contributed by atoms with Crippen molar-refractivity contribution >= 4 is 11.8 Å². The molecule has 7 nitrogen and oxygen atoms in total. The van der Waals surface area contributed by atoms with Crippen molar-refractivity contribution in [2.75, 3.05) is 40.0 Å². The average molecular weight is 440 g/mol. The van der Waals surface area contributed by atoms with Crippen LogP contribution in [-0.4, -0.2) is 56.7 Å². The lowest BCUT2D eigenvalue weighted by Gasteiger charge is -2.35. The Kier molecular flexibility index (Phi) is 9.07. The van der Waals surface area contributed by atoms with Crippen LogP contribution in [0.5, 0.6) is 5.75 Å². The fourth-order valence-corrected chi connectivity index (χ4v) is 3.84. The molecule has 0 bridgehead atoms. The van der Waals surface area contributed by atoms with Crippen molar-refractivity contribution in [3.8, 4) is 5.75 Å². The summed E-state index contributed by atoms with van der Waals surface area (Å²) in [5.41, 5.74) is 2.15. The first-order valence-electron chi connectivity index (χ1n) is 11.1. The van der Waals surface area contributed by atoms with Crippen molar-refractivity contribution in [1.29, 1.82) is 0 Å². The highest BCUT2D eigenvalue weighted by Crippen LogP contribution is 2.23. The maximum Gasteiger partial charge on any atom is 0.220 e. The van der Waals surface area contributed by atoms with Crippen molar-refractivity contribution in [2.45, 2.75) is 31.8 Å². The predicted molar refractivity (Wildman–Crippen MR) is 123 cm³/mol. The van der Waals surface area contributed by atoms with Gasteiger partial charge in [0, 0.05) is 32.5 Å². The summed E-state index contributed by atoms with van der Waals surface area (Å²) >= 11 is 0. The Morgan fingerprint density at radius 2 is 1.62 bits per heavy atom. The van der Waals surface area contributed by atoms with E-state index in [0.717, 1.165) is 30.0 Å². The number of nitrogens with zero attached hydrogens (tertiary/aromatic N) is 1. The van der Waals surface area contributed by atoms with Crippen LogP contribution in [0.25, 0.3) is 0 Å². The van der Waals surface area contributed by atoms with Gasteiger partial charge in [-0.25, -0.2) is 0 Å². The summed E-state index contributed by atoms with van der Waals surface area (Å²) in [5, 5.41) is 5.97. The molecule has 1 aliphatic heterocycles. The Balaban J connectivity index is 1.50. The van der Waals surface area contributed by atoms with E-state index in [1.54, 1.807) is 7.11 Å². The molecule has 0 spiro atoms. The third-order valence-corrected chi connectivity index (χ3v) is 5.74. The van der Waals surface area contributed by atoms with Crippen LogP contribution in [0.3, 0.4) is 0 Å². The molecule has 1 saturated heterocycles. The molecule has 2 atom stereocenters. The van der Waals surface area contributed by atoms with Crippen LogP contribution in [0, 0.1) is 0 Å². The molecule has 1 heterocycles. The standard InChI is InChI=1S/C25H33N3O4/c1-19(20-6-4-3-5-7-20)27-25(30)13-12-24(29)26-18-23(28-14-16-32-17-15-28)21-8-10-22(31-2)11-9-21/h3-11,19,23H,12-18H2,1-2H3,(H,26,29)(H,27,30)/t19-,23+/m0/s1. The fraction of sp³-hybridized carbons (Fsp3) is 0.440. The first-order chi connectivity index (χ1) is 15.6. The Bertz CT molecular complexity index is 851. The Morgan fingerprint density at radius 3 is 2.28 bits per heavy atom. The van der Waals surface area contributed by atoms with E-state index in [1.807, 2.05) is 61.5 Å². The van der Waals surface area contributed by atoms with Crippen molar-refractivity contribution < 1.29 is 19.1 Å².